The van der Waals surface area contributed by atoms with Gasteiger partial charge in [-0.15, -0.1) is 0 Å². The summed E-state index contributed by atoms with van der Waals surface area (Å²) in [6.07, 6.45) is 6.19. The van der Waals surface area contributed by atoms with Crippen molar-refractivity contribution in [3.05, 3.63) is 39.9 Å². The van der Waals surface area contributed by atoms with E-state index in [0.29, 0.717) is 6.04 Å². The molecule has 1 aromatic carbocycles. The fourth-order valence-corrected chi connectivity index (χ4v) is 4.17. The average molecular weight is 274 g/mol. The molecule has 0 heterocycles. The maximum Gasteiger partial charge on any atom is 0.272 e. The molecular weight excluding hydrogens is 252 g/mol. The summed E-state index contributed by atoms with van der Waals surface area (Å²) in [5.74, 6) is 2.45. The molecule has 1 aromatic rings. The molecule has 0 aliphatic heterocycles. The molecule has 2 fully saturated rings. The molecule has 20 heavy (non-hydrogen) atoms. The number of benzene rings is 1. The summed E-state index contributed by atoms with van der Waals surface area (Å²) in [5, 5.41) is 14.5. The lowest BCUT2D eigenvalue weighted by atomic mass is 9.99. The van der Waals surface area contributed by atoms with Crippen LogP contribution in [0, 0.1) is 27.9 Å². The zero-order valence-corrected chi connectivity index (χ0v) is 11.9. The maximum atomic E-state index is 11.1. The van der Waals surface area contributed by atoms with E-state index in [2.05, 4.69) is 5.32 Å². The van der Waals surface area contributed by atoms with Crippen LogP contribution < -0.4 is 5.32 Å². The monoisotopic (exact) mass is 274 g/mol. The van der Waals surface area contributed by atoms with Crippen molar-refractivity contribution >= 4 is 5.69 Å². The second kappa shape index (κ2) is 5.52. The Morgan fingerprint density at radius 3 is 2.55 bits per heavy atom. The van der Waals surface area contributed by atoms with Crippen molar-refractivity contribution in [1.82, 2.24) is 5.32 Å². The van der Waals surface area contributed by atoms with Crippen molar-refractivity contribution < 1.29 is 4.92 Å². The Hall–Kier alpha value is -1.42. The predicted molar refractivity (Wildman–Crippen MR) is 78.6 cm³/mol. The van der Waals surface area contributed by atoms with Crippen molar-refractivity contribution in [3.63, 3.8) is 0 Å². The number of nitrogens with zero attached hydrogens (tertiary/aromatic N) is 1. The molecule has 0 radical (unpaired) electrons. The molecule has 0 bridgehead atoms. The van der Waals surface area contributed by atoms with Gasteiger partial charge < -0.3 is 5.32 Å². The Kier molecular flexibility index (Phi) is 3.74. The summed E-state index contributed by atoms with van der Waals surface area (Å²) in [7, 11) is 1.99. The van der Waals surface area contributed by atoms with Gasteiger partial charge in [-0.1, -0.05) is 31.0 Å². The third-order valence-corrected chi connectivity index (χ3v) is 5.19. The maximum absolute atomic E-state index is 11.1. The lowest BCUT2D eigenvalue weighted by Gasteiger charge is -2.16. The van der Waals surface area contributed by atoms with Crippen LogP contribution in [0.5, 0.6) is 0 Å². The smallest absolute Gasteiger partial charge is 0.272 e. The van der Waals surface area contributed by atoms with Crippen LogP contribution in [0.25, 0.3) is 0 Å². The number of rotatable bonds is 5. The van der Waals surface area contributed by atoms with Gasteiger partial charge in [0.25, 0.3) is 5.69 Å². The van der Waals surface area contributed by atoms with E-state index in [1.807, 2.05) is 19.2 Å². The molecule has 2 aliphatic rings. The van der Waals surface area contributed by atoms with Gasteiger partial charge in [0.2, 0.25) is 0 Å². The zero-order valence-electron chi connectivity index (χ0n) is 11.9. The largest absolute Gasteiger partial charge is 0.316 e. The second-order valence-corrected chi connectivity index (χ2v) is 6.17. The quantitative estimate of drug-likeness (QED) is 0.663. The standard InChI is InChI=1S/C16H22N2O2/c1-17-14(16-12-7-3-4-8-13(12)16)10-11-6-2-5-9-15(11)18(19)20/h2,5-6,9,12-14,16-17H,3-4,7-8,10H2,1H3. The number of hydrogen-bond acceptors (Lipinski definition) is 3. The highest BCUT2D eigenvalue weighted by Gasteiger charge is 2.53. The van der Waals surface area contributed by atoms with E-state index in [9.17, 15) is 10.1 Å². The van der Waals surface area contributed by atoms with Crippen molar-refractivity contribution in [2.75, 3.05) is 7.05 Å². The molecule has 0 amide bonds. The summed E-state index contributed by atoms with van der Waals surface area (Å²) in [6.45, 7) is 0. The fraction of sp³-hybridized carbons (Fsp3) is 0.625. The normalized spacial score (nSPS) is 29.6. The van der Waals surface area contributed by atoms with E-state index in [1.54, 1.807) is 12.1 Å². The summed E-state index contributed by atoms with van der Waals surface area (Å²) >= 11 is 0. The molecule has 1 N–H and O–H groups in total. The van der Waals surface area contributed by atoms with Crippen LogP contribution in [0.1, 0.15) is 31.2 Å². The molecule has 3 unspecified atom stereocenters. The van der Waals surface area contributed by atoms with Gasteiger partial charge in [-0.25, -0.2) is 0 Å². The molecule has 0 spiro atoms. The molecule has 2 aliphatic carbocycles. The summed E-state index contributed by atoms with van der Waals surface area (Å²) in [4.78, 5) is 10.9. The average Bonchev–Trinajstić information content (AvgIpc) is 3.19. The topological polar surface area (TPSA) is 55.2 Å². The van der Waals surface area contributed by atoms with E-state index in [-0.39, 0.29) is 10.6 Å². The Morgan fingerprint density at radius 2 is 1.95 bits per heavy atom. The highest BCUT2D eigenvalue weighted by molar-refractivity contribution is 5.40. The van der Waals surface area contributed by atoms with Crippen molar-refractivity contribution in [2.24, 2.45) is 17.8 Å². The molecular formula is C16H22N2O2. The van der Waals surface area contributed by atoms with E-state index < -0.39 is 0 Å². The number of fused-ring (bicyclic) bond motifs is 1. The predicted octanol–water partition coefficient (Wildman–Crippen LogP) is 3.16. The lowest BCUT2D eigenvalue weighted by molar-refractivity contribution is -0.385. The summed E-state index contributed by atoms with van der Waals surface area (Å²) < 4.78 is 0. The van der Waals surface area contributed by atoms with Gasteiger partial charge >= 0.3 is 0 Å². The Balaban J connectivity index is 1.74. The molecule has 2 saturated carbocycles. The third kappa shape index (κ3) is 2.44. The first kappa shape index (κ1) is 13.6. The molecule has 4 heteroatoms. The molecule has 108 valence electrons. The van der Waals surface area contributed by atoms with Crippen LogP contribution in [0.15, 0.2) is 24.3 Å². The first-order valence-corrected chi connectivity index (χ1v) is 7.62. The van der Waals surface area contributed by atoms with Gasteiger partial charge in [-0.3, -0.25) is 10.1 Å². The van der Waals surface area contributed by atoms with E-state index in [1.165, 1.54) is 25.7 Å². The number of likely N-dealkylation sites (N-methyl/N-ethyl adjacent to an activating group) is 1. The van der Waals surface area contributed by atoms with Crippen LogP contribution in [-0.2, 0) is 6.42 Å². The third-order valence-electron chi connectivity index (χ3n) is 5.19. The Morgan fingerprint density at radius 1 is 1.30 bits per heavy atom. The highest BCUT2D eigenvalue weighted by Crippen LogP contribution is 2.57. The van der Waals surface area contributed by atoms with Crippen LogP contribution >= 0.6 is 0 Å². The van der Waals surface area contributed by atoms with E-state index in [4.69, 9.17) is 0 Å². The highest BCUT2D eigenvalue weighted by atomic mass is 16.6. The Bertz CT molecular complexity index is 491. The van der Waals surface area contributed by atoms with Crippen LogP contribution in [0.4, 0.5) is 5.69 Å². The van der Waals surface area contributed by atoms with Gasteiger partial charge in [0.1, 0.15) is 0 Å². The zero-order chi connectivity index (χ0) is 14.1. The minimum atomic E-state index is -0.262. The van der Waals surface area contributed by atoms with Gasteiger partial charge in [0, 0.05) is 17.7 Å². The number of nitro benzene ring substituents is 1. The lowest BCUT2D eigenvalue weighted by Crippen LogP contribution is -2.31. The van der Waals surface area contributed by atoms with Gasteiger partial charge in [0.05, 0.1) is 4.92 Å². The molecule has 3 atom stereocenters. The Labute approximate surface area is 119 Å². The first-order valence-electron chi connectivity index (χ1n) is 7.62. The van der Waals surface area contributed by atoms with Crippen LogP contribution in [0.3, 0.4) is 0 Å². The number of nitrogens with one attached hydrogen (secondary N) is 1. The second-order valence-electron chi connectivity index (χ2n) is 6.17. The summed E-state index contributed by atoms with van der Waals surface area (Å²) in [6, 6.07) is 7.53. The minimum absolute atomic E-state index is 0.261. The summed E-state index contributed by atoms with van der Waals surface area (Å²) in [5.41, 5.74) is 1.12. The van der Waals surface area contributed by atoms with Crippen LogP contribution in [-0.4, -0.2) is 18.0 Å². The van der Waals surface area contributed by atoms with E-state index in [0.717, 1.165) is 29.7 Å². The SMILES string of the molecule is CNC(Cc1ccccc1[N+](=O)[O-])C1C2CCCCC21. The van der Waals surface area contributed by atoms with Crippen molar-refractivity contribution in [1.29, 1.82) is 0 Å². The van der Waals surface area contributed by atoms with E-state index >= 15 is 0 Å². The molecule has 3 rings (SSSR count). The molecule has 4 nitrogen and oxygen atoms in total. The number of hydrogen-bond donors (Lipinski definition) is 1. The number of nitro groups is 1. The first-order chi connectivity index (χ1) is 9.72. The molecule has 0 saturated heterocycles. The number of para-hydroxylation sites is 1. The minimum Gasteiger partial charge on any atom is -0.316 e. The van der Waals surface area contributed by atoms with Crippen molar-refractivity contribution in [3.8, 4) is 0 Å². The van der Waals surface area contributed by atoms with Crippen molar-refractivity contribution in [2.45, 2.75) is 38.1 Å². The molecule has 0 aromatic heterocycles. The van der Waals surface area contributed by atoms with Crippen LogP contribution in [0.2, 0.25) is 0 Å². The van der Waals surface area contributed by atoms with Gasteiger partial charge in [0.15, 0.2) is 0 Å². The fourth-order valence-electron chi connectivity index (χ4n) is 4.17. The van der Waals surface area contributed by atoms with Gasteiger partial charge in [-0.2, -0.15) is 0 Å². The van der Waals surface area contributed by atoms with Gasteiger partial charge in [-0.05, 0) is 44.1 Å².